The molecule has 6 heterocycles. The topological polar surface area (TPSA) is 140 Å². The summed E-state index contributed by atoms with van der Waals surface area (Å²) in [7, 11) is 0. The van der Waals surface area contributed by atoms with Crippen molar-refractivity contribution in [1.82, 2.24) is 40.0 Å². The molecule has 0 unspecified atom stereocenters. The van der Waals surface area contributed by atoms with E-state index in [0.29, 0.717) is 29.2 Å². The number of piperidine rings is 1. The fourth-order valence-corrected chi connectivity index (χ4v) is 7.45. The van der Waals surface area contributed by atoms with E-state index in [1.54, 1.807) is 6.20 Å². The molecule has 1 saturated carbocycles. The van der Waals surface area contributed by atoms with Gasteiger partial charge in [0.25, 0.3) is 5.91 Å². The molecule has 43 heavy (non-hydrogen) atoms. The zero-order chi connectivity index (χ0) is 29.5. The number of aromatic nitrogens is 6. The average Bonchev–Trinajstić information content (AvgIpc) is 3.55. The van der Waals surface area contributed by atoms with Crippen LogP contribution in [0.3, 0.4) is 0 Å². The molecule has 3 aliphatic rings. The number of carbonyl (C=O) groups is 1. The smallest absolute Gasteiger partial charge is 0.267 e. The van der Waals surface area contributed by atoms with Crippen LogP contribution in [0.1, 0.15) is 65.3 Å². The second-order valence-corrected chi connectivity index (χ2v) is 13.2. The van der Waals surface area contributed by atoms with Gasteiger partial charge in [0.05, 0.1) is 28.3 Å². The molecule has 2 saturated heterocycles. The van der Waals surface area contributed by atoms with E-state index in [4.69, 9.17) is 10.5 Å². The number of aryl methyl sites for hydroxylation is 2. The quantitative estimate of drug-likeness (QED) is 0.322. The van der Waals surface area contributed by atoms with Gasteiger partial charge in [-0.15, -0.1) is 11.3 Å². The number of likely N-dealkylation sites (tertiary alicyclic amines) is 1. The van der Waals surface area contributed by atoms with Gasteiger partial charge in [-0.25, -0.2) is 14.5 Å². The van der Waals surface area contributed by atoms with Crippen LogP contribution in [0.15, 0.2) is 24.7 Å². The van der Waals surface area contributed by atoms with E-state index in [0.717, 1.165) is 78.2 Å². The molecule has 0 spiro atoms. The molecule has 7 rings (SSSR count). The molecule has 1 aliphatic carbocycles. The van der Waals surface area contributed by atoms with Crippen LogP contribution in [0.4, 0.5) is 11.5 Å². The Bertz CT molecular complexity index is 1620. The number of nitrogens with one attached hydrogen (secondary N) is 1. The average molecular weight is 603 g/mol. The number of fused-ring (bicyclic) bond motifs is 1. The number of nitrogen functional groups attached to an aromatic ring is 1. The molecule has 13 heteroatoms. The minimum Gasteiger partial charge on any atom is -0.473 e. The van der Waals surface area contributed by atoms with Gasteiger partial charge in [0, 0.05) is 30.7 Å². The van der Waals surface area contributed by atoms with Crippen molar-refractivity contribution in [2.24, 2.45) is 0 Å². The van der Waals surface area contributed by atoms with Gasteiger partial charge in [-0.1, -0.05) is 0 Å². The van der Waals surface area contributed by atoms with Crippen molar-refractivity contribution in [3.63, 3.8) is 0 Å². The summed E-state index contributed by atoms with van der Waals surface area (Å²) in [5, 5.41) is 16.9. The maximum Gasteiger partial charge on any atom is 0.267 e. The van der Waals surface area contributed by atoms with E-state index in [1.165, 1.54) is 37.2 Å². The summed E-state index contributed by atoms with van der Waals surface area (Å²) in [6, 6.07) is 4.70. The number of hydrogen-bond acceptors (Lipinski definition) is 11. The fraction of sp³-hybridized carbons (Fsp3) is 0.533. The number of thiazole rings is 1. The molecule has 3 fully saturated rings. The summed E-state index contributed by atoms with van der Waals surface area (Å²) >= 11 is 1.40. The van der Waals surface area contributed by atoms with Crippen molar-refractivity contribution in [3.05, 3.63) is 40.2 Å². The summed E-state index contributed by atoms with van der Waals surface area (Å²) in [5.41, 5.74) is 10.7. The minimum absolute atomic E-state index is 0.0439. The Kier molecular flexibility index (Phi) is 7.60. The van der Waals surface area contributed by atoms with Crippen LogP contribution in [0.5, 0.6) is 5.88 Å². The van der Waals surface area contributed by atoms with Crippen LogP contribution in [0.2, 0.25) is 0 Å². The number of nitrogens with two attached hydrogens (primary N) is 1. The molecule has 12 nitrogen and oxygen atoms in total. The molecular weight excluding hydrogens is 564 g/mol. The Morgan fingerprint density at radius 3 is 2.70 bits per heavy atom. The van der Waals surface area contributed by atoms with E-state index < -0.39 is 0 Å². The largest absolute Gasteiger partial charge is 0.473 e. The number of nitrogens with zero attached hydrogens (tertiary/aromatic N) is 8. The Labute approximate surface area is 254 Å². The highest BCUT2D eigenvalue weighted by Gasteiger charge is 2.32. The maximum absolute atomic E-state index is 13.6. The summed E-state index contributed by atoms with van der Waals surface area (Å²) < 4.78 is 8.19. The number of carbonyl (C=O) groups excluding carboxylic acids is 1. The number of ether oxygens (including phenoxy) is 1. The lowest BCUT2D eigenvalue weighted by molar-refractivity contribution is 0.0518. The van der Waals surface area contributed by atoms with Crippen molar-refractivity contribution in [2.45, 2.75) is 77.0 Å². The zero-order valence-corrected chi connectivity index (χ0v) is 25.5. The van der Waals surface area contributed by atoms with Gasteiger partial charge in [0.2, 0.25) is 5.88 Å². The van der Waals surface area contributed by atoms with Crippen LogP contribution in [0.25, 0.3) is 16.8 Å². The number of anilines is 2. The molecule has 3 N–H and O–H groups in total. The Hall–Kier alpha value is -3.84. The first-order valence-electron chi connectivity index (χ1n) is 15.3. The van der Waals surface area contributed by atoms with Crippen LogP contribution < -0.4 is 20.7 Å². The molecule has 2 aliphatic heterocycles. The highest BCUT2D eigenvalue weighted by atomic mass is 32.1. The maximum atomic E-state index is 13.6. The summed E-state index contributed by atoms with van der Waals surface area (Å²) in [6.07, 6.45) is 10.7. The van der Waals surface area contributed by atoms with Crippen molar-refractivity contribution in [3.8, 4) is 17.1 Å². The molecule has 226 valence electrons. The second kappa shape index (κ2) is 11.7. The van der Waals surface area contributed by atoms with Crippen molar-refractivity contribution >= 4 is 34.3 Å². The third-order valence-corrected chi connectivity index (χ3v) is 9.92. The van der Waals surface area contributed by atoms with E-state index in [9.17, 15) is 4.79 Å². The normalized spacial score (nSPS) is 22.8. The van der Waals surface area contributed by atoms with Gasteiger partial charge in [0.15, 0.2) is 10.7 Å². The molecule has 1 atom stereocenters. The van der Waals surface area contributed by atoms with Crippen molar-refractivity contribution < 1.29 is 9.53 Å². The molecule has 4 aromatic heterocycles. The molecule has 0 radical (unpaired) electrons. The summed E-state index contributed by atoms with van der Waals surface area (Å²) in [6.45, 7) is 7.78. The number of hydrogen-bond donors (Lipinski definition) is 2. The molecule has 0 bridgehead atoms. The molecule has 4 aromatic rings. The predicted octanol–water partition coefficient (Wildman–Crippen LogP) is 3.64. The van der Waals surface area contributed by atoms with E-state index >= 15 is 0 Å². The lowest BCUT2D eigenvalue weighted by atomic mass is 9.90. The number of rotatable bonds is 7. The Morgan fingerprint density at radius 1 is 1.09 bits per heavy atom. The van der Waals surface area contributed by atoms with Crippen LogP contribution in [-0.4, -0.2) is 85.0 Å². The Balaban J connectivity index is 1.06. The summed E-state index contributed by atoms with van der Waals surface area (Å²) in [4.78, 5) is 27.9. The Morgan fingerprint density at radius 2 is 1.93 bits per heavy atom. The molecule has 0 aromatic carbocycles. The second-order valence-electron chi connectivity index (χ2n) is 12.0. The highest BCUT2D eigenvalue weighted by Crippen LogP contribution is 2.36. The lowest BCUT2D eigenvalue weighted by Crippen LogP contribution is -2.48. The lowest BCUT2D eigenvalue weighted by Gasteiger charge is -2.41. The van der Waals surface area contributed by atoms with Crippen LogP contribution in [0, 0.1) is 13.8 Å². The standard InChI is InChI=1S/C30H38N10O2S/c1-18-13-20(15-33-37-18)24-14-25(26-28(31)32-17-34-40(24)26)39-10-3-5-21(16-39)36-29(41)27-30(35-19(2)43-27)42-23-8-6-22(7-9-23)38-11-4-12-38/h13-15,17,21-23H,3-12,16H2,1-2H3,(H,36,41)(H2,31,32,34)/t21-,22?,23?/m1/s1. The van der Waals surface area contributed by atoms with Gasteiger partial charge < -0.3 is 25.6 Å². The molecular formula is C30H38N10O2S. The number of amides is 1. The first-order chi connectivity index (χ1) is 20.9. The highest BCUT2D eigenvalue weighted by molar-refractivity contribution is 7.13. The fourth-order valence-electron chi connectivity index (χ4n) is 6.70. The third kappa shape index (κ3) is 5.63. The zero-order valence-electron chi connectivity index (χ0n) is 24.7. The first-order valence-corrected chi connectivity index (χ1v) is 16.1. The third-order valence-electron chi connectivity index (χ3n) is 8.97. The minimum atomic E-state index is -0.120. The van der Waals surface area contributed by atoms with Crippen LogP contribution >= 0.6 is 11.3 Å². The van der Waals surface area contributed by atoms with Gasteiger partial charge >= 0.3 is 0 Å². The van der Waals surface area contributed by atoms with Gasteiger partial charge in [-0.05, 0) is 84.0 Å². The van der Waals surface area contributed by atoms with Gasteiger partial charge in [-0.2, -0.15) is 15.3 Å². The summed E-state index contributed by atoms with van der Waals surface area (Å²) in [5.74, 6) is 0.765. The van der Waals surface area contributed by atoms with Crippen molar-refractivity contribution in [2.75, 3.05) is 36.8 Å². The first kappa shape index (κ1) is 28.0. The van der Waals surface area contributed by atoms with E-state index in [2.05, 4.69) is 46.4 Å². The van der Waals surface area contributed by atoms with Gasteiger partial charge in [0.1, 0.15) is 17.9 Å². The van der Waals surface area contributed by atoms with Crippen molar-refractivity contribution in [1.29, 1.82) is 0 Å². The van der Waals surface area contributed by atoms with E-state index in [-0.39, 0.29) is 18.1 Å². The van der Waals surface area contributed by atoms with Crippen LogP contribution in [-0.2, 0) is 0 Å². The van der Waals surface area contributed by atoms with E-state index in [1.807, 2.05) is 24.4 Å². The molecule has 1 amide bonds. The predicted molar refractivity (Wildman–Crippen MR) is 166 cm³/mol. The monoisotopic (exact) mass is 602 g/mol. The SMILES string of the molecule is Cc1cc(-c2cc(N3CCC[C@@H](NC(=O)c4sc(C)nc4OC4CCC(N5CCC5)CC4)C3)c3c(N)ncnn23)cnn1. The van der Waals surface area contributed by atoms with Gasteiger partial charge in [-0.3, -0.25) is 4.79 Å².